The van der Waals surface area contributed by atoms with Crippen LogP contribution in [0.2, 0.25) is 0 Å². The summed E-state index contributed by atoms with van der Waals surface area (Å²) < 4.78 is 16.8. The van der Waals surface area contributed by atoms with Gasteiger partial charge in [0.2, 0.25) is 0 Å². The van der Waals surface area contributed by atoms with Crippen molar-refractivity contribution in [3.8, 4) is 17.2 Å². The first kappa shape index (κ1) is 20.2. The van der Waals surface area contributed by atoms with Crippen molar-refractivity contribution >= 4 is 17.2 Å². The minimum absolute atomic E-state index is 0.438. The fourth-order valence-corrected chi connectivity index (χ4v) is 3.89. The second-order valence-corrected chi connectivity index (χ2v) is 7.50. The maximum Gasteiger partial charge on any atom is 0.161 e. The van der Waals surface area contributed by atoms with Crippen molar-refractivity contribution in [2.45, 2.75) is 13.0 Å². The second-order valence-electron chi connectivity index (χ2n) is 7.12. The molecule has 154 valence electrons. The van der Waals surface area contributed by atoms with Gasteiger partial charge in [-0.25, -0.2) is 0 Å². The molecular formula is C25H25NO3S. The molecule has 4 rings (SSSR count). The number of hydrogen-bond acceptors (Lipinski definition) is 4. The molecule has 0 spiro atoms. The fourth-order valence-electron chi connectivity index (χ4n) is 3.59. The molecule has 0 atom stereocenters. The first-order chi connectivity index (χ1) is 14.7. The first-order valence-corrected chi connectivity index (χ1v) is 10.5. The maximum absolute atomic E-state index is 5.81. The minimum Gasteiger partial charge on any atom is -0.493 e. The summed E-state index contributed by atoms with van der Waals surface area (Å²) in [6, 6.07) is 24.2. The number of benzene rings is 3. The zero-order valence-corrected chi connectivity index (χ0v) is 17.9. The summed E-state index contributed by atoms with van der Waals surface area (Å²) in [6.45, 7) is 2.71. The van der Waals surface area contributed by atoms with Crippen LogP contribution in [0.1, 0.15) is 16.7 Å². The van der Waals surface area contributed by atoms with Gasteiger partial charge in [-0.3, -0.25) is 0 Å². The summed E-state index contributed by atoms with van der Waals surface area (Å²) in [5.41, 5.74) is 3.83. The highest BCUT2D eigenvalue weighted by Gasteiger charge is 2.18. The molecule has 0 aromatic heterocycles. The molecule has 3 aromatic carbocycles. The van der Waals surface area contributed by atoms with Gasteiger partial charge in [0.15, 0.2) is 11.5 Å². The van der Waals surface area contributed by atoms with E-state index in [-0.39, 0.29) is 0 Å². The van der Waals surface area contributed by atoms with Crippen LogP contribution >= 0.6 is 12.2 Å². The molecule has 0 saturated carbocycles. The SMILES string of the molecule is COc1ccccc1OCCOc1ccc(C(=S)N2CCc3ccccc3C2)cc1. The molecule has 1 aliphatic rings. The third kappa shape index (κ3) is 4.74. The van der Waals surface area contributed by atoms with Crippen LogP contribution in [0, 0.1) is 0 Å². The van der Waals surface area contributed by atoms with Gasteiger partial charge in [-0.1, -0.05) is 48.6 Å². The predicted molar refractivity (Wildman–Crippen MR) is 123 cm³/mol. The Morgan fingerprint density at radius 3 is 2.27 bits per heavy atom. The molecule has 0 N–H and O–H groups in total. The van der Waals surface area contributed by atoms with E-state index in [0.29, 0.717) is 19.0 Å². The maximum atomic E-state index is 5.81. The standard InChI is InChI=1S/C25H25NO3S/c1-27-23-8-4-5-9-24(23)29-17-16-28-22-12-10-20(11-13-22)25(30)26-15-14-19-6-2-3-7-21(19)18-26/h2-13H,14-18H2,1H3. The highest BCUT2D eigenvalue weighted by atomic mass is 32.1. The zero-order chi connectivity index (χ0) is 20.8. The summed E-state index contributed by atoms with van der Waals surface area (Å²) in [6.07, 6.45) is 1.03. The lowest BCUT2D eigenvalue weighted by molar-refractivity contribution is 0.211. The Hall–Kier alpha value is -3.05. The van der Waals surface area contributed by atoms with Gasteiger partial charge in [0.05, 0.1) is 7.11 Å². The number of hydrogen-bond donors (Lipinski definition) is 0. The molecule has 5 heteroatoms. The van der Waals surface area contributed by atoms with E-state index in [2.05, 4.69) is 29.2 Å². The van der Waals surface area contributed by atoms with Gasteiger partial charge < -0.3 is 19.1 Å². The third-order valence-electron chi connectivity index (χ3n) is 5.20. The van der Waals surface area contributed by atoms with Gasteiger partial charge in [0.25, 0.3) is 0 Å². The molecule has 0 fully saturated rings. The Morgan fingerprint density at radius 1 is 0.833 bits per heavy atom. The average Bonchev–Trinajstić information content (AvgIpc) is 2.81. The normalized spacial score (nSPS) is 12.8. The Bertz CT molecular complexity index is 1000. The number of nitrogens with zero attached hydrogens (tertiary/aromatic N) is 1. The molecule has 0 radical (unpaired) electrons. The molecule has 1 heterocycles. The Balaban J connectivity index is 1.28. The first-order valence-electron chi connectivity index (χ1n) is 10.1. The van der Waals surface area contributed by atoms with E-state index in [4.69, 9.17) is 26.4 Å². The highest BCUT2D eigenvalue weighted by molar-refractivity contribution is 7.80. The Kier molecular flexibility index (Phi) is 6.50. The van der Waals surface area contributed by atoms with Gasteiger partial charge in [0, 0.05) is 18.7 Å². The zero-order valence-electron chi connectivity index (χ0n) is 17.0. The largest absolute Gasteiger partial charge is 0.493 e. The molecule has 0 unspecified atom stereocenters. The van der Waals surface area contributed by atoms with Crippen LogP contribution in [0.15, 0.2) is 72.8 Å². The van der Waals surface area contributed by atoms with E-state index >= 15 is 0 Å². The van der Waals surface area contributed by atoms with Gasteiger partial charge in [0.1, 0.15) is 24.0 Å². The molecule has 0 aliphatic carbocycles. The van der Waals surface area contributed by atoms with Crippen molar-refractivity contribution in [2.24, 2.45) is 0 Å². The fraction of sp³-hybridized carbons (Fsp3) is 0.240. The summed E-state index contributed by atoms with van der Waals surface area (Å²) in [7, 11) is 1.63. The quantitative estimate of drug-likeness (QED) is 0.402. The van der Waals surface area contributed by atoms with Crippen LogP contribution in [0.4, 0.5) is 0 Å². The average molecular weight is 420 g/mol. The Morgan fingerprint density at radius 2 is 1.50 bits per heavy atom. The van der Waals surface area contributed by atoms with Crippen LogP contribution in [-0.4, -0.2) is 36.8 Å². The molecule has 30 heavy (non-hydrogen) atoms. The number of methoxy groups -OCH3 is 1. The van der Waals surface area contributed by atoms with Crippen molar-refractivity contribution in [2.75, 3.05) is 26.9 Å². The number of thiocarbonyl (C=S) groups is 1. The van der Waals surface area contributed by atoms with Crippen molar-refractivity contribution in [3.05, 3.63) is 89.5 Å². The molecule has 0 bridgehead atoms. The van der Waals surface area contributed by atoms with Crippen LogP contribution in [0.25, 0.3) is 0 Å². The lowest BCUT2D eigenvalue weighted by Gasteiger charge is -2.31. The minimum atomic E-state index is 0.438. The number of rotatable bonds is 7. The molecular weight excluding hydrogens is 394 g/mol. The van der Waals surface area contributed by atoms with E-state index < -0.39 is 0 Å². The third-order valence-corrected chi connectivity index (χ3v) is 5.69. The molecule has 4 nitrogen and oxygen atoms in total. The molecule has 3 aromatic rings. The van der Waals surface area contributed by atoms with Crippen LogP contribution in [0.5, 0.6) is 17.2 Å². The highest BCUT2D eigenvalue weighted by Crippen LogP contribution is 2.26. The summed E-state index contributed by atoms with van der Waals surface area (Å²) >= 11 is 5.75. The van der Waals surface area contributed by atoms with Crippen molar-refractivity contribution < 1.29 is 14.2 Å². The molecule has 1 aliphatic heterocycles. The van der Waals surface area contributed by atoms with E-state index in [9.17, 15) is 0 Å². The number of ether oxygens (including phenoxy) is 3. The van der Waals surface area contributed by atoms with Gasteiger partial charge in [-0.2, -0.15) is 0 Å². The number of para-hydroxylation sites is 2. The van der Waals surface area contributed by atoms with E-state index in [0.717, 1.165) is 41.6 Å². The summed E-state index contributed by atoms with van der Waals surface area (Å²) in [4.78, 5) is 3.16. The lowest BCUT2D eigenvalue weighted by atomic mass is 9.99. The van der Waals surface area contributed by atoms with E-state index in [1.54, 1.807) is 7.11 Å². The van der Waals surface area contributed by atoms with Crippen molar-refractivity contribution in [3.63, 3.8) is 0 Å². The van der Waals surface area contributed by atoms with Gasteiger partial charge in [-0.05, 0) is 53.9 Å². The molecule has 0 saturated heterocycles. The summed E-state index contributed by atoms with van der Waals surface area (Å²) in [5, 5.41) is 0. The van der Waals surface area contributed by atoms with Crippen molar-refractivity contribution in [1.82, 2.24) is 4.90 Å². The second kappa shape index (κ2) is 9.63. The monoisotopic (exact) mass is 419 g/mol. The van der Waals surface area contributed by atoms with E-state index in [1.165, 1.54) is 11.1 Å². The van der Waals surface area contributed by atoms with Gasteiger partial charge in [-0.15, -0.1) is 0 Å². The van der Waals surface area contributed by atoms with E-state index in [1.807, 2.05) is 48.5 Å². The smallest absolute Gasteiger partial charge is 0.161 e. The predicted octanol–water partition coefficient (Wildman–Crippen LogP) is 4.89. The molecule has 0 amide bonds. The lowest BCUT2D eigenvalue weighted by Crippen LogP contribution is -2.35. The topological polar surface area (TPSA) is 30.9 Å². The number of fused-ring (bicyclic) bond motifs is 1. The summed E-state index contributed by atoms with van der Waals surface area (Å²) in [5.74, 6) is 2.23. The Labute approximate surface area is 183 Å². The van der Waals surface area contributed by atoms with Gasteiger partial charge >= 0.3 is 0 Å². The van der Waals surface area contributed by atoms with Crippen LogP contribution < -0.4 is 14.2 Å². The van der Waals surface area contributed by atoms with Crippen LogP contribution in [-0.2, 0) is 13.0 Å². The van der Waals surface area contributed by atoms with Crippen LogP contribution in [0.3, 0.4) is 0 Å². The van der Waals surface area contributed by atoms with Crippen molar-refractivity contribution in [1.29, 1.82) is 0 Å².